The van der Waals surface area contributed by atoms with E-state index in [-0.39, 0.29) is 16.5 Å². The van der Waals surface area contributed by atoms with Gasteiger partial charge in [0.1, 0.15) is 16.5 Å². The molecule has 2 heterocycles. The number of halogens is 2. The Morgan fingerprint density at radius 3 is 2.46 bits per heavy atom. The van der Waals surface area contributed by atoms with Crippen LogP contribution in [0.4, 0.5) is 22.1 Å². The molecule has 0 bridgehead atoms. The van der Waals surface area contributed by atoms with Crippen LogP contribution < -0.4 is 14.4 Å². The number of benzene rings is 1. The number of amides is 2. The van der Waals surface area contributed by atoms with Crippen LogP contribution in [0, 0.1) is 0 Å². The van der Waals surface area contributed by atoms with Crippen LogP contribution in [-0.4, -0.2) is 54.2 Å². The van der Waals surface area contributed by atoms with Crippen molar-refractivity contribution in [1.82, 2.24) is 20.1 Å². The summed E-state index contributed by atoms with van der Waals surface area (Å²) < 4.78 is 33.9. The average molecular weight is 584 g/mol. The van der Waals surface area contributed by atoms with Crippen molar-refractivity contribution in [3.05, 3.63) is 58.3 Å². The molecule has 0 unspecified atom stereocenters. The van der Waals surface area contributed by atoms with Crippen LogP contribution in [0.5, 0.6) is 5.75 Å². The highest BCUT2D eigenvalue weighted by Crippen LogP contribution is 2.40. The summed E-state index contributed by atoms with van der Waals surface area (Å²) in [5.74, 6) is 0.593. The summed E-state index contributed by atoms with van der Waals surface area (Å²) >= 11 is 9.70. The molecule has 10 nitrogen and oxygen atoms in total. The molecular weight excluding hydrogens is 560 g/mol. The number of pyridine rings is 1. The van der Waals surface area contributed by atoms with Gasteiger partial charge >= 0.3 is 6.03 Å². The van der Waals surface area contributed by atoms with Gasteiger partial charge in [0.2, 0.25) is 0 Å². The Morgan fingerprint density at radius 1 is 1.20 bits per heavy atom. The second-order valence-corrected chi connectivity index (χ2v) is 11.3. The Labute approximate surface area is 217 Å². The van der Waals surface area contributed by atoms with E-state index in [4.69, 9.17) is 16.3 Å². The normalized spacial score (nSPS) is 11.6. The smallest absolute Gasteiger partial charge is 0.330 e. The van der Waals surface area contributed by atoms with Crippen molar-refractivity contribution in [3.63, 3.8) is 0 Å². The summed E-state index contributed by atoms with van der Waals surface area (Å²) in [5, 5.41) is 7.73. The lowest BCUT2D eigenvalue weighted by atomic mass is 10.1. The molecule has 13 heteroatoms. The molecule has 1 N–H and O–H groups in total. The molecular formula is C22H24BrClN6O4S. The third-order valence-corrected chi connectivity index (χ3v) is 7.56. The van der Waals surface area contributed by atoms with Crippen LogP contribution in [-0.2, 0) is 10.0 Å². The predicted octanol–water partition coefficient (Wildman–Crippen LogP) is 5.09. The van der Waals surface area contributed by atoms with E-state index in [1.165, 1.54) is 41.3 Å². The second kappa shape index (κ2) is 10.3. The minimum atomic E-state index is -3.99. The number of hydrogen-bond donors (Lipinski definition) is 1. The van der Waals surface area contributed by atoms with E-state index in [9.17, 15) is 13.2 Å². The lowest BCUT2D eigenvalue weighted by molar-refractivity contribution is 0.174. The molecule has 1 aromatic carbocycles. The molecule has 0 spiro atoms. The Balaban J connectivity index is 2.08. The SMILES string of the molecule is COc1cc(Br)c(Cl)cc1N(C(=O)N(C)C(C)(C)C)c1ccc(S(=O)(=O)Nc2cccnn2)cn1. The van der Waals surface area contributed by atoms with Gasteiger partial charge < -0.3 is 9.64 Å². The van der Waals surface area contributed by atoms with E-state index in [0.29, 0.717) is 20.9 Å². The van der Waals surface area contributed by atoms with Crippen molar-refractivity contribution in [2.45, 2.75) is 31.2 Å². The molecule has 0 aliphatic heterocycles. The van der Waals surface area contributed by atoms with Gasteiger partial charge in [0.05, 0.1) is 17.8 Å². The third-order valence-electron chi connectivity index (χ3n) is 5.02. The zero-order valence-corrected chi connectivity index (χ0v) is 22.8. The predicted molar refractivity (Wildman–Crippen MR) is 138 cm³/mol. The largest absolute Gasteiger partial charge is 0.495 e. The van der Waals surface area contributed by atoms with Gasteiger partial charge in [-0.15, -0.1) is 5.10 Å². The van der Waals surface area contributed by atoms with Crippen LogP contribution in [0.1, 0.15) is 20.8 Å². The van der Waals surface area contributed by atoms with Gasteiger partial charge in [-0.05, 0) is 73.1 Å². The number of carbonyl (C=O) groups is 1. The molecule has 2 aromatic heterocycles. The number of sulfonamides is 1. The van der Waals surface area contributed by atoms with Gasteiger partial charge in [0.15, 0.2) is 5.82 Å². The fourth-order valence-electron chi connectivity index (χ4n) is 2.83. The summed E-state index contributed by atoms with van der Waals surface area (Å²) in [6.45, 7) is 5.66. The first-order valence-electron chi connectivity index (χ1n) is 10.2. The highest BCUT2D eigenvalue weighted by atomic mass is 79.9. The van der Waals surface area contributed by atoms with E-state index in [1.54, 1.807) is 25.2 Å². The molecule has 35 heavy (non-hydrogen) atoms. The van der Waals surface area contributed by atoms with Gasteiger partial charge in [-0.25, -0.2) is 23.1 Å². The number of urea groups is 1. The molecule has 0 saturated heterocycles. The van der Waals surface area contributed by atoms with Crippen molar-refractivity contribution < 1.29 is 17.9 Å². The number of rotatable bonds is 6. The number of hydrogen-bond acceptors (Lipinski definition) is 7. The third kappa shape index (κ3) is 6.00. The minimum Gasteiger partial charge on any atom is -0.495 e. The fourth-order valence-corrected chi connectivity index (χ4v) is 4.25. The number of nitrogens with one attached hydrogen (secondary N) is 1. The van der Waals surface area contributed by atoms with Crippen LogP contribution >= 0.6 is 27.5 Å². The van der Waals surface area contributed by atoms with Crippen LogP contribution in [0.3, 0.4) is 0 Å². The standard InChI is InChI=1S/C22H24BrClN6O4S/c1-22(2,3)29(4)21(31)30(17-12-16(24)15(23)11-18(17)34-5)20-9-8-14(13-25-20)35(32,33)28-19-7-6-10-26-27-19/h6-13H,1-5H3,(H,27,28). The Kier molecular flexibility index (Phi) is 7.87. The molecule has 0 aliphatic carbocycles. The lowest BCUT2D eigenvalue weighted by Crippen LogP contribution is -2.48. The average Bonchev–Trinajstić information content (AvgIpc) is 2.80. The molecule has 0 fully saturated rings. The summed E-state index contributed by atoms with van der Waals surface area (Å²) in [5.41, 5.74) is -0.186. The maximum absolute atomic E-state index is 13.6. The Morgan fingerprint density at radius 2 is 1.91 bits per heavy atom. The van der Waals surface area contributed by atoms with Gasteiger partial charge in [-0.1, -0.05) is 11.6 Å². The van der Waals surface area contributed by atoms with E-state index < -0.39 is 21.6 Å². The van der Waals surface area contributed by atoms with Crippen LogP contribution in [0.2, 0.25) is 5.02 Å². The first kappa shape index (κ1) is 26.6. The van der Waals surface area contributed by atoms with Crippen molar-refractivity contribution >= 4 is 60.9 Å². The highest BCUT2D eigenvalue weighted by molar-refractivity contribution is 9.10. The van der Waals surface area contributed by atoms with Gasteiger partial charge in [-0.3, -0.25) is 4.72 Å². The minimum absolute atomic E-state index is 0.0643. The van der Waals surface area contributed by atoms with Crippen LogP contribution in [0.15, 0.2) is 58.2 Å². The fraction of sp³-hybridized carbons (Fsp3) is 0.273. The number of carbonyl (C=O) groups excluding carboxylic acids is 1. The Hall–Kier alpha value is -2.96. The van der Waals surface area contributed by atoms with Crippen molar-refractivity contribution in [2.24, 2.45) is 0 Å². The number of anilines is 3. The number of aromatic nitrogens is 3. The molecule has 186 valence electrons. The van der Waals surface area contributed by atoms with E-state index >= 15 is 0 Å². The first-order valence-corrected chi connectivity index (χ1v) is 12.9. The topological polar surface area (TPSA) is 118 Å². The highest BCUT2D eigenvalue weighted by Gasteiger charge is 2.32. The monoisotopic (exact) mass is 582 g/mol. The number of methoxy groups -OCH3 is 1. The molecule has 0 saturated carbocycles. The zero-order valence-electron chi connectivity index (χ0n) is 19.7. The van der Waals surface area contributed by atoms with Crippen molar-refractivity contribution in [2.75, 3.05) is 23.8 Å². The van der Waals surface area contributed by atoms with Crippen molar-refractivity contribution in [3.8, 4) is 5.75 Å². The quantitative estimate of drug-likeness (QED) is 0.430. The summed E-state index contributed by atoms with van der Waals surface area (Å²) in [4.78, 5) is 20.6. The molecule has 2 amide bonds. The summed E-state index contributed by atoms with van der Waals surface area (Å²) in [6.07, 6.45) is 2.58. The van der Waals surface area contributed by atoms with Gasteiger partial charge in [0.25, 0.3) is 10.0 Å². The van der Waals surface area contributed by atoms with Gasteiger partial charge in [0, 0.05) is 29.5 Å². The van der Waals surface area contributed by atoms with E-state index in [2.05, 4.69) is 35.8 Å². The number of ether oxygens (including phenoxy) is 1. The molecule has 3 aromatic rings. The maximum atomic E-state index is 13.6. The zero-order chi connectivity index (χ0) is 26.0. The Bertz CT molecular complexity index is 1320. The summed E-state index contributed by atoms with van der Waals surface area (Å²) in [6, 6.07) is 8.58. The summed E-state index contributed by atoms with van der Waals surface area (Å²) in [7, 11) is -0.859. The molecule has 0 aliphatic rings. The molecule has 0 radical (unpaired) electrons. The van der Waals surface area contributed by atoms with E-state index in [1.807, 2.05) is 20.8 Å². The molecule has 3 rings (SSSR count). The van der Waals surface area contributed by atoms with E-state index in [0.717, 1.165) is 6.20 Å². The van der Waals surface area contributed by atoms with Crippen molar-refractivity contribution in [1.29, 1.82) is 0 Å². The lowest BCUT2D eigenvalue weighted by Gasteiger charge is -2.36. The first-order chi connectivity index (χ1) is 16.3. The second-order valence-electron chi connectivity index (χ2n) is 8.35. The molecule has 0 atom stereocenters. The number of nitrogens with zero attached hydrogens (tertiary/aromatic N) is 5. The van der Waals surface area contributed by atoms with Gasteiger partial charge in [-0.2, -0.15) is 5.10 Å². The maximum Gasteiger partial charge on any atom is 0.330 e. The van der Waals surface area contributed by atoms with Crippen LogP contribution in [0.25, 0.3) is 0 Å².